The maximum absolute atomic E-state index is 13.2. The van der Waals surface area contributed by atoms with Crippen molar-refractivity contribution in [3.63, 3.8) is 0 Å². The normalized spacial score (nSPS) is 18.0. The number of imide groups is 1. The minimum absolute atomic E-state index is 0.181. The van der Waals surface area contributed by atoms with E-state index in [9.17, 15) is 23.7 Å². The summed E-state index contributed by atoms with van der Waals surface area (Å²) in [7, 11) is -0.968. The summed E-state index contributed by atoms with van der Waals surface area (Å²) in [6.45, 7) is 14.3. The van der Waals surface area contributed by atoms with Crippen molar-refractivity contribution in [2.45, 2.75) is 70.0 Å². The van der Waals surface area contributed by atoms with Crippen LogP contribution in [-0.2, 0) is 25.5 Å². The lowest BCUT2D eigenvalue weighted by molar-refractivity contribution is -0.137. The molecular formula is C51H60BrN10O6P. The van der Waals surface area contributed by atoms with E-state index in [0.717, 1.165) is 106 Å². The van der Waals surface area contributed by atoms with Gasteiger partial charge in [-0.25, -0.2) is 4.98 Å². The predicted molar refractivity (Wildman–Crippen MR) is 275 cm³/mol. The summed E-state index contributed by atoms with van der Waals surface area (Å²) in [5, 5.41) is 12.7. The Hall–Kier alpha value is -6.05. The monoisotopic (exact) mass is 1020 g/mol. The topological polar surface area (TPSA) is 181 Å². The molecule has 362 valence electrons. The Kier molecular flexibility index (Phi) is 15.8. The molecular weight excluding hydrogens is 960 g/mol. The van der Waals surface area contributed by atoms with Crippen molar-refractivity contribution in [1.29, 1.82) is 0 Å². The second kappa shape index (κ2) is 22.1. The number of rotatable bonds is 16. The first kappa shape index (κ1) is 49.4. The largest absolute Gasteiger partial charge is 0.494 e. The zero-order valence-electron chi connectivity index (χ0n) is 39.5. The highest BCUT2D eigenvalue weighted by molar-refractivity contribution is 9.10. The van der Waals surface area contributed by atoms with E-state index in [-0.39, 0.29) is 24.1 Å². The second-order valence-corrected chi connectivity index (χ2v) is 22.2. The van der Waals surface area contributed by atoms with E-state index in [1.807, 2.05) is 48.5 Å². The molecule has 0 radical (unpaired) electrons. The molecule has 1 atom stereocenters. The lowest BCUT2D eigenvalue weighted by Gasteiger charge is -2.43. The molecule has 0 bridgehead atoms. The molecule has 3 fully saturated rings. The molecule has 3 saturated heterocycles. The van der Waals surface area contributed by atoms with Crippen molar-refractivity contribution in [2.75, 3.05) is 87.1 Å². The maximum Gasteiger partial charge on any atom is 0.255 e. The van der Waals surface area contributed by atoms with Crippen LogP contribution in [-0.4, -0.2) is 127 Å². The Morgan fingerprint density at radius 3 is 2.48 bits per heavy atom. The van der Waals surface area contributed by atoms with Crippen LogP contribution >= 0.6 is 23.1 Å². The number of para-hydroxylation sites is 1. The van der Waals surface area contributed by atoms with Gasteiger partial charge in [-0.3, -0.25) is 29.4 Å². The number of methoxy groups -OCH3 is 1. The molecule has 4 aromatic rings. The van der Waals surface area contributed by atoms with Crippen LogP contribution in [0.15, 0.2) is 77.9 Å². The van der Waals surface area contributed by atoms with Gasteiger partial charge >= 0.3 is 0 Å². The molecule has 18 heteroatoms. The number of piperidine rings is 2. The second-order valence-electron chi connectivity index (χ2n) is 18.2. The van der Waals surface area contributed by atoms with E-state index in [1.165, 1.54) is 6.08 Å². The van der Waals surface area contributed by atoms with Crippen molar-refractivity contribution >= 4 is 86.5 Å². The average molecular weight is 1020 g/mol. The number of amides is 4. The number of nitrogens with one attached hydrogen (secondary N) is 4. The number of halogens is 1. The Morgan fingerprint density at radius 2 is 1.74 bits per heavy atom. The van der Waals surface area contributed by atoms with Gasteiger partial charge in [-0.15, -0.1) is 0 Å². The molecule has 0 spiro atoms. The van der Waals surface area contributed by atoms with Gasteiger partial charge in [0.25, 0.3) is 5.91 Å². The molecule has 4 amide bonds. The van der Waals surface area contributed by atoms with Crippen LogP contribution in [0.25, 0.3) is 0 Å². The van der Waals surface area contributed by atoms with Crippen LogP contribution in [0.2, 0.25) is 0 Å². The molecule has 8 rings (SSSR count). The standard InChI is InChI=1S/C51H60BrN10O6P/c1-5-46(63)54-40-30-41(56-51-53-32-38(52)48(58-51)55-39-17-10-11-18-45(39)69(3,4)67)44(68-2)31-43(40)61-24-21-35(22-25-61)60-28-26-59(27-29-60)23-12-8-6-7-9-14-34-15-13-16-36-37(34)33-62(50(36)66)42-19-20-47(64)57-49(42)65/h5,10-11,13,15-18,30-32,35,42H,1,6-8,12,19-29,33H2,2-4H3,(H,54,63)(H,57,64,65)(H2,53,55,56,58). The minimum Gasteiger partial charge on any atom is -0.494 e. The Labute approximate surface area is 412 Å². The zero-order chi connectivity index (χ0) is 48.7. The molecule has 4 aliphatic rings. The minimum atomic E-state index is -2.58. The summed E-state index contributed by atoms with van der Waals surface area (Å²) in [6.07, 6.45) is 9.44. The molecule has 16 nitrogen and oxygen atoms in total. The van der Waals surface area contributed by atoms with Gasteiger partial charge < -0.3 is 40.0 Å². The van der Waals surface area contributed by atoms with Gasteiger partial charge in [-0.1, -0.05) is 43.0 Å². The fourth-order valence-corrected chi connectivity index (χ4v) is 11.0. The number of ether oxygens (including phenoxy) is 1. The Balaban J connectivity index is 0.803. The first-order valence-corrected chi connectivity index (χ1v) is 27.0. The average Bonchev–Trinajstić information content (AvgIpc) is 3.68. The van der Waals surface area contributed by atoms with E-state index in [2.05, 4.69) is 75.3 Å². The Bertz CT molecular complexity index is 2720. The SMILES string of the molecule is C=CC(=O)Nc1cc(Nc2ncc(Br)c(Nc3ccccc3P(C)(C)=O)n2)c(OC)cc1N1CCC(N2CCN(CCCCCC#Cc3cccc4c3CN(C3CCC(=O)NC3=O)C4=O)CC2)CC1. The van der Waals surface area contributed by atoms with Crippen molar-refractivity contribution in [3.8, 4) is 17.6 Å². The van der Waals surface area contributed by atoms with Gasteiger partial charge in [0.05, 0.1) is 34.3 Å². The number of fused-ring (bicyclic) bond motifs is 1. The third-order valence-corrected chi connectivity index (χ3v) is 15.4. The molecule has 5 heterocycles. The number of hydrogen-bond donors (Lipinski definition) is 4. The highest BCUT2D eigenvalue weighted by Gasteiger charge is 2.40. The predicted octanol–water partition coefficient (Wildman–Crippen LogP) is 7.07. The van der Waals surface area contributed by atoms with Crippen LogP contribution in [0.5, 0.6) is 5.75 Å². The highest BCUT2D eigenvalue weighted by Crippen LogP contribution is 2.41. The number of benzene rings is 3. The summed E-state index contributed by atoms with van der Waals surface area (Å²) in [4.78, 5) is 68.3. The van der Waals surface area contributed by atoms with Gasteiger partial charge in [0, 0.05) is 93.4 Å². The van der Waals surface area contributed by atoms with Crippen LogP contribution in [0.1, 0.15) is 72.9 Å². The number of aromatic nitrogens is 2. The van der Waals surface area contributed by atoms with Gasteiger partial charge in [0.2, 0.25) is 23.7 Å². The number of unbranched alkanes of at least 4 members (excludes halogenated alkanes) is 3. The number of carbonyl (C=O) groups is 4. The Morgan fingerprint density at radius 1 is 0.957 bits per heavy atom. The number of anilines is 6. The van der Waals surface area contributed by atoms with Gasteiger partial charge in [-0.2, -0.15) is 4.98 Å². The number of nitrogens with zero attached hydrogens (tertiary/aromatic N) is 6. The fourth-order valence-electron chi connectivity index (χ4n) is 9.60. The summed E-state index contributed by atoms with van der Waals surface area (Å²) >= 11 is 3.55. The van der Waals surface area contributed by atoms with Crippen LogP contribution in [0, 0.1) is 11.8 Å². The zero-order valence-corrected chi connectivity index (χ0v) is 42.0. The van der Waals surface area contributed by atoms with Gasteiger partial charge in [-0.05, 0) is 110 Å². The molecule has 0 saturated carbocycles. The van der Waals surface area contributed by atoms with E-state index >= 15 is 0 Å². The lowest BCUT2D eigenvalue weighted by atomic mass is 10.0. The quantitative estimate of drug-likeness (QED) is 0.0295. The summed E-state index contributed by atoms with van der Waals surface area (Å²) in [5.74, 6) is 6.75. The molecule has 4 N–H and O–H groups in total. The van der Waals surface area contributed by atoms with Crippen LogP contribution in [0.3, 0.4) is 0 Å². The maximum atomic E-state index is 13.2. The first-order valence-electron chi connectivity index (χ1n) is 23.6. The summed E-state index contributed by atoms with van der Waals surface area (Å²) in [5.41, 5.74) is 5.01. The van der Waals surface area contributed by atoms with Crippen molar-refractivity contribution in [3.05, 3.63) is 94.6 Å². The third kappa shape index (κ3) is 11.9. The van der Waals surface area contributed by atoms with Gasteiger partial charge in [0.1, 0.15) is 24.8 Å². The molecule has 4 aliphatic heterocycles. The van der Waals surface area contributed by atoms with E-state index < -0.39 is 19.1 Å². The van der Waals surface area contributed by atoms with E-state index in [4.69, 9.17) is 9.72 Å². The molecule has 0 aliphatic carbocycles. The van der Waals surface area contributed by atoms with Crippen molar-refractivity contribution in [2.24, 2.45) is 0 Å². The molecule has 69 heavy (non-hydrogen) atoms. The number of hydrogen-bond acceptors (Lipinski definition) is 13. The first-order chi connectivity index (χ1) is 33.3. The summed E-state index contributed by atoms with van der Waals surface area (Å²) in [6, 6.07) is 16.7. The molecule has 3 aromatic carbocycles. The lowest BCUT2D eigenvalue weighted by Crippen LogP contribution is -2.53. The van der Waals surface area contributed by atoms with Crippen LogP contribution in [0.4, 0.5) is 34.5 Å². The molecule has 1 unspecified atom stereocenters. The number of piperazine rings is 1. The third-order valence-electron chi connectivity index (χ3n) is 13.3. The van der Waals surface area contributed by atoms with Crippen LogP contribution < -0.4 is 36.2 Å². The van der Waals surface area contributed by atoms with E-state index in [1.54, 1.807) is 37.6 Å². The van der Waals surface area contributed by atoms with Crippen molar-refractivity contribution < 1.29 is 28.5 Å². The molecule has 1 aromatic heterocycles. The summed E-state index contributed by atoms with van der Waals surface area (Å²) < 4.78 is 19.6. The van der Waals surface area contributed by atoms with E-state index in [0.29, 0.717) is 63.6 Å². The highest BCUT2D eigenvalue weighted by atomic mass is 79.9. The number of carbonyl (C=O) groups excluding carboxylic acids is 4. The smallest absolute Gasteiger partial charge is 0.255 e. The fraction of sp³-hybridized carbons (Fsp3) is 0.412. The van der Waals surface area contributed by atoms with Gasteiger partial charge in [0.15, 0.2) is 0 Å². The van der Waals surface area contributed by atoms with Crippen molar-refractivity contribution in [1.82, 2.24) is 30.0 Å².